The Balaban J connectivity index is 1.80. The first-order chi connectivity index (χ1) is 16.3. The molecule has 0 saturated carbocycles. The standard InChI is InChI=1S/C26H21BrCl2N2O3/c1-3-33-24-12-17(10-19(14-30)18-5-7-20(28)8-6-18)11-22(27)26(24)34-15-25(32)31-21-9-4-16(2)23(29)13-21/h4-13H,3,15H2,1-2H3,(H,31,32)/b19-10+. The molecule has 174 valence electrons. The third-order valence-electron chi connectivity index (χ3n) is 4.72. The van der Waals surface area contributed by atoms with Crippen LogP contribution in [0.2, 0.25) is 10.0 Å². The average Bonchev–Trinajstić information content (AvgIpc) is 2.80. The van der Waals surface area contributed by atoms with Crippen LogP contribution in [0.5, 0.6) is 11.5 Å². The maximum Gasteiger partial charge on any atom is 0.262 e. The number of nitrogens with zero attached hydrogens (tertiary/aromatic N) is 1. The summed E-state index contributed by atoms with van der Waals surface area (Å²) in [7, 11) is 0. The van der Waals surface area contributed by atoms with E-state index < -0.39 is 0 Å². The summed E-state index contributed by atoms with van der Waals surface area (Å²) in [5.74, 6) is 0.497. The van der Waals surface area contributed by atoms with Gasteiger partial charge in [0.15, 0.2) is 18.1 Å². The third-order valence-corrected chi connectivity index (χ3v) is 5.97. The molecule has 3 aromatic carbocycles. The molecule has 0 spiro atoms. The van der Waals surface area contributed by atoms with Gasteiger partial charge in [-0.1, -0.05) is 41.4 Å². The van der Waals surface area contributed by atoms with Crippen molar-refractivity contribution in [2.75, 3.05) is 18.5 Å². The van der Waals surface area contributed by atoms with Crippen molar-refractivity contribution in [3.05, 3.63) is 85.8 Å². The molecular formula is C26H21BrCl2N2O3. The van der Waals surface area contributed by atoms with Gasteiger partial charge in [0.25, 0.3) is 5.91 Å². The SMILES string of the molecule is CCOc1cc(/C=C(\C#N)c2ccc(Cl)cc2)cc(Br)c1OCC(=O)Nc1ccc(C)c(Cl)c1. The van der Waals surface area contributed by atoms with Crippen molar-refractivity contribution in [2.45, 2.75) is 13.8 Å². The summed E-state index contributed by atoms with van der Waals surface area (Å²) in [5, 5.41) is 13.6. The van der Waals surface area contributed by atoms with Gasteiger partial charge in [-0.25, -0.2) is 0 Å². The fourth-order valence-electron chi connectivity index (χ4n) is 3.06. The Morgan fingerprint density at radius 2 is 1.85 bits per heavy atom. The number of rotatable bonds is 8. The Morgan fingerprint density at radius 3 is 2.50 bits per heavy atom. The van der Waals surface area contributed by atoms with Crippen molar-refractivity contribution in [1.82, 2.24) is 0 Å². The molecule has 34 heavy (non-hydrogen) atoms. The topological polar surface area (TPSA) is 71.3 Å². The lowest BCUT2D eigenvalue weighted by molar-refractivity contribution is -0.118. The fraction of sp³-hybridized carbons (Fsp3) is 0.154. The van der Waals surface area contributed by atoms with Gasteiger partial charge in [0.2, 0.25) is 0 Å². The van der Waals surface area contributed by atoms with Crippen LogP contribution in [-0.2, 0) is 4.79 Å². The second-order valence-electron chi connectivity index (χ2n) is 7.24. The summed E-state index contributed by atoms with van der Waals surface area (Å²) in [4.78, 5) is 12.4. The van der Waals surface area contributed by atoms with Crippen molar-refractivity contribution in [1.29, 1.82) is 5.26 Å². The number of halogens is 3. The van der Waals surface area contributed by atoms with Crippen LogP contribution >= 0.6 is 39.1 Å². The van der Waals surface area contributed by atoms with Crippen molar-refractivity contribution in [3.63, 3.8) is 0 Å². The van der Waals surface area contributed by atoms with Crippen LogP contribution in [0.1, 0.15) is 23.6 Å². The van der Waals surface area contributed by atoms with Crippen LogP contribution in [0.15, 0.2) is 59.1 Å². The van der Waals surface area contributed by atoms with Crippen LogP contribution in [0.3, 0.4) is 0 Å². The number of carbonyl (C=O) groups is 1. The van der Waals surface area contributed by atoms with Crippen molar-refractivity contribution in [3.8, 4) is 17.6 Å². The first kappa shape index (κ1) is 25.6. The summed E-state index contributed by atoms with van der Waals surface area (Å²) in [6.45, 7) is 3.90. The Bertz CT molecular complexity index is 1270. The lowest BCUT2D eigenvalue weighted by atomic mass is 10.0. The number of amides is 1. The van der Waals surface area contributed by atoms with Crippen LogP contribution in [0.25, 0.3) is 11.6 Å². The molecule has 1 N–H and O–H groups in total. The molecule has 5 nitrogen and oxygen atoms in total. The molecule has 0 aromatic heterocycles. The lowest BCUT2D eigenvalue weighted by Gasteiger charge is -2.15. The molecule has 0 atom stereocenters. The molecular weight excluding hydrogens is 539 g/mol. The molecule has 0 saturated heterocycles. The van der Waals surface area contributed by atoms with Gasteiger partial charge in [0, 0.05) is 15.7 Å². The first-order valence-corrected chi connectivity index (χ1v) is 11.9. The van der Waals surface area contributed by atoms with E-state index in [4.69, 9.17) is 32.7 Å². The zero-order valence-corrected chi connectivity index (χ0v) is 21.6. The van der Waals surface area contributed by atoms with Crippen LogP contribution in [0, 0.1) is 18.3 Å². The van der Waals surface area contributed by atoms with Gasteiger partial charge in [0.05, 0.1) is 22.7 Å². The maximum atomic E-state index is 12.4. The second-order valence-corrected chi connectivity index (χ2v) is 8.94. The molecule has 0 fully saturated rings. The van der Waals surface area contributed by atoms with Gasteiger partial charge >= 0.3 is 0 Å². The first-order valence-electron chi connectivity index (χ1n) is 10.3. The zero-order valence-electron chi connectivity index (χ0n) is 18.5. The highest BCUT2D eigenvalue weighted by atomic mass is 79.9. The molecule has 0 radical (unpaired) electrons. The third kappa shape index (κ3) is 6.77. The number of nitriles is 1. The highest BCUT2D eigenvalue weighted by molar-refractivity contribution is 9.10. The monoisotopic (exact) mass is 558 g/mol. The number of carbonyl (C=O) groups excluding carboxylic acids is 1. The summed E-state index contributed by atoms with van der Waals surface area (Å²) >= 11 is 15.6. The van der Waals surface area contributed by atoms with Crippen molar-refractivity contribution < 1.29 is 14.3 Å². The van der Waals surface area contributed by atoms with Crippen LogP contribution < -0.4 is 14.8 Å². The summed E-state index contributed by atoms with van der Waals surface area (Å²) < 4.78 is 12.1. The molecule has 0 aliphatic carbocycles. The predicted octanol–water partition coefficient (Wildman–Crippen LogP) is 7.54. The number of nitrogens with one attached hydrogen (secondary N) is 1. The second kappa shape index (κ2) is 11.9. The molecule has 3 aromatic rings. The molecule has 0 bridgehead atoms. The minimum Gasteiger partial charge on any atom is -0.490 e. The van der Waals surface area contributed by atoms with Crippen molar-refractivity contribution >= 4 is 62.4 Å². The van der Waals surface area contributed by atoms with Gasteiger partial charge < -0.3 is 14.8 Å². The van der Waals surface area contributed by atoms with Crippen LogP contribution in [0.4, 0.5) is 5.69 Å². The normalized spacial score (nSPS) is 11.0. The Hall–Kier alpha value is -2.98. The molecule has 3 rings (SSSR count). The van der Waals surface area contributed by atoms with E-state index >= 15 is 0 Å². The van der Waals surface area contributed by atoms with E-state index in [0.29, 0.717) is 43.9 Å². The van der Waals surface area contributed by atoms with Gasteiger partial charge in [-0.05, 0) is 88.9 Å². The van der Waals surface area contributed by atoms with Crippen LogP contribution in [-0.4, -0.2) is 19.1 Å². The van der Waals surface area contributed by atoms with E-state index in [2.05, 4.69) is 27.3 Å². The van der Waals surface area contributed by atoms with Gasteiger partial charge in [0.1, 0.15) is 0 Å². The number of anilines is 1. The van der Waals surface area contributed by atoms with Gasteiger partial charge in [-0.3, -0.25) is 4.79 Å². The summed E-state index contributed by atoms with van der Waals surface area (Å²) in [6, 6.07) is 18.1. The van der Waals surface area contributed by atoms with Gasteiger partial charge in [-0.15, -0.1) is 0 Å². The van der Waals surface area contributed by atoms with Crippen molar-refractivity contribution in [2.24, 2.45) is 0 Å². The fourth-order valence-corrected chi connectivity index (χ4v) is 3.94. The average molecular weight is 560 g/mol. The molecule has 0 heterocycles. The van der Waals surface area contributed by atoms with Gasteiger partial charge in [-0.2, -0.15) is 5.26 Å². The molecule has 0 aliphatic heterocycles. The number of benzene rings is 3. The van der Waals surface area contributed by atoms with E-state index in [9.17, 15) is 10.1 Å². The summed E-state index contributed by atoms with van der Waals surface area (Å²) in [5.41, 5.74) is 3.45. The quantitative estimate of drug-likeness (QED) is 0.228. The smallest absolute Gasteiger partial charge is 0.262 e. The number of ether oxygens (including phenoxy) is 2. The van der Waals surface area contributed by atoms with E-state index in [1.165, 1.54) is 0 Å². The summed E-state index contributed by atoms with van der Waals surface area (Å²) in [6.07, 6.45) is 1.74. The van der Waals surface area contributed by atoms with E-state index in [0.717, 1.165) is 16.7 Å². The Labute approximate surface area is 217 Å². The predicted molar refractivity (Wildman–Crippen MR) is 141 cm³/mol. The Kier molecular flexibility index (Phi) is 9.00. The number of allylic oxidation sites excluding steroid dienone is 1. The van der Waals surface area contributed by atoms with E-state index in [-0.39, 0.29) is 12.5 Å². The maximum absolute atomic E-state index is 12.4. The molecule has 0 unspecified atom stereocenters. The van der Waals surface area contributed by atoms with E-state index in [1.54, 1.807) is 54.6 Å². The highest BCUT2D eigenvalue weighted by Gasteiger charge is 2.15. The minimum atomic E-state index is -0.340. The molecule has 1 amide bonds. The molecule has 0 aliphatic rings. The zero-order chi connectivity index (χ0) is 24.7. The number of hydrogen-bond donors (Lipinski definition) is 1. The highest BCUT2D eigenvalue weighted by Crippen LogP contribution is 2.38. The molecule has 8 heteroatoms. The van der Waals surface area contributed by atoms with E-state index in [1.807, 2.05) is 19.9 Å². The Morgan fingerprint density at radius 1 is 1.12 bits per heavy atom. The lowest BCUT2D eigenvalue weighted by Crippen LogP contribution is -2.20. The number of hydrogen-bond acceptors (Lipinski definition) is 4. The largest absolute Gasteiger partial charge is 0.490 e. The number of aryl methyl sites for hydroxylation is 1. The minimum absolute atomic E-state index is 0.229.